The van der Waals surface area contributed by atoms with Gasteiger partial charge in [-0.1, -0.05) is 26.7 Å². The second kappa shape index (κ2) is 8.59. The van der Waals surface area contributed by atoms with Crippen molar-refractivity contribution < 1.29 is 24.9 Å². The number of carboxylic acid groups (broad SMARTS) is 2. The van der Waals surface area contributed by atoms with E-state index in [9.17, 15) is 24.9 Å². The number of halogens is 1. The van der Waals surface area contributed by atoms with Crippen LogP contribution in [-0.2, 0) is 9.59 Å². The van der Waals surface area contributed by atoms with Gasteiger partial charge in [0.05, 0.1) is 17.9 Å². The average molecular weight is 354 g/mol. The second-order valence-electron chi connectivity index (χ2n) is 5.18. The van der Waals surface area contributed by atoms with Gasteiger partial charge in [-0.15, -0.1) is 17.0 Å². The third kappa shape index (κ3) is 4.17. The maximum atomic E-state index is 11.3. The third-order valence-electron chi connectivity index (χ3n) is 3.80. The molecule has 4 N–H and O–H groups in total. The molecule has 0 aliphatic carbocycles. The lowest BCUT2D eigenvalue weighted by Crippen LogP contribution is -2.63. The summed E-state index contributed by atoms with van der Waals surface area (Å²) in [7, 11) is 0. The number of rotatable bonds is 6. The van der Waals surface area contributed by atoms with E-state index >= 15 is 0 Å². The minimum Gasteiger partial charge on any atom is -0.481 e. The lowest BCUT2D eigenvalue weighted by atomic mass is 9.75. The first-order chi connectivity index (χ1) is 8.93. The van der Waals surface area contributed by atoms with Gasteiger partial charge in [-0.2, -0.15) is 0 Å². The van der Waals surface area contributed by atoms with E-state index in [0.29, 0.717) is 12.8 Å². The van der Waals surface area contributed by atoms with Gasteiger partial charge in [0.15, 0.2) is 0 Å². The summed E-state index contributed by atoms with van der Waals surface area (Å²) in [6.45, 7) is 3.87. The molecule has 1 aliphatic heterocycles. The van der Waals surface area contributed by atoms with Gasteiger partial charge in [0.2, 0.25) is 0 Å². The predicted molar refractivity (Wildman–Crippen MR) is 79.1 cm³/mol. The molecule has 6 nitrogen and oxygen atoms in total. The predicted octanol–water partition coefficient (Wildman–Crippen LogP) is 1.27. The van der Waals surface area contributed by atoms with Gasteiger partial charge in [0, 0.05) is 12.1 Å². The molecule has 0 amide bonds. The molecule has 0 aromatic heterocycles. The summed E-state index contributed by atoms with van der Waals surface area (Å²) in [5.41, 5.74) is 0. The van der Waals surface area contributed by atoms with Crippen LogP contribution >= 0.6 is 17.0 Å². The maximum Gasteiger partial charge on any atom is 0.310 e. The van der Waals surface area contributed by atoms with E-state index in [1.807, 2.05) is 13.8 Å². The summed E-state index contributed by atoms with van der Waals surface area (Å²) in [5, 5.41) is 31.7. The van der Waals surface area contributed by atoms with Gasteiger partial charge in [0.1, 0.15) is 0 Å². The van der Waals surface area contributed by atoms with Gasteiger partial charge in [-0.3, -0.25) is 9.59 Å². The van der Waals surface area contributed by atoms with Crippen LogP contribution in [0.5, 0.6) is 0 Å². The van der Waals surface area contributed by atoms with Crippen molar-refractivity contribution in [1.82, 2.24) is 5.32 Å². The first kappa shape index (κ1) is 19.3. The van der Waals surface area contributed by atoms with Crippen molar-refractivity contribution >= 4 is 28.9 Å². The van der Waals surface area contributed by atoms with E-state index in [1.54, 1.807) is 0 Å². The van der Waals surface area contributed by atoms with Crippen LogP contribution in [0.4, 0.5) is 0 Å². The summed E-state index contributed by atoms with van der Waals surface area (Å²) >= 11 is 0. The van der Waals surface area contributed by atoms with Crippen LogP contribution in [0.3, 0.4) is 0 Å². The van der Waals surface area contributed by atoms with Crippen LogP contribution in [0, 0.1) is 11.8 Å². The normalized spacial score (nSPS) is 33.2. The molecule has 7 heteroatoms. The number of piperidine rings is 1. The van der Waals surface area contributed by atoms with E-state index in [2.05, 4.69) is 5.32 Å². The first-order valence-electron chi connectivity index (χ1n) is 6.83. The Kier molecular flexibility index (Phi) is 8.30. The SMILES string of the molecule is Br.CCCC1NC(CCC)C(C(=O)O)C(O)C1C(=O)O. The molecule has 1 heterocycles. The summed E-state index contributed by atoms with van der Waals surface area (Å²) in [6, 6.07) is -0.741. The van der Waals surface area contributed by atoms with E-state index < -0.39 is 29.9 Å². The molecule has 0 bridgehead atoms. The Morgan fingerprint density at radius 1 is 0.950 bits per heavy atom. The highest BCUT2D eigenvalue weighted by molar-refractivity contribution is 8.93. The number of carbonyl (C=O) groups is 2. The summed E-state index contributed by atoms with van der Waals surface area (Å²) < 4.78 is 0. The molecule has 1 rings (SSSR count). The zero-order chi connectivity index (χ0) is 14.6. The van der Waals surface area contributed by atoms with Crippen molar-refractivity contribution in [3.8, 4) is 0 Å². The van der Waals surface area contributed by atoms with Crippen LogP contribution in [0.1, 0.15) is 39.5 Å². The summed E-state index contributed by atoms with van der Waals surface area (Å²) in [4.78, 5) is 22.6. The molecule has 1 aliphatic rings. The van der Waals surface area contributed by atoms with Gasteiger partial charge in [-0.05, 0) is 12.8 Å². The third-order valence-corrected chi connectivity index (χ3v) is 3.80. The lowest BCUT2D eigenvalue weighted by molar-refractivity contribution is -0.162. The Morgan fingerprint density at radius 2 is 1.30 bits per heavy atom. The van der Waals surface area contributed by atoms with Crippen LogP contribution in [0.15, 0.2) is 0 Å². The van der Waals surface area contributed by atoms with Gasteiger partial charge in [0.25, 0.3) is 0 Å². The molecule has 118 valence electrons. The van der Waals surface area contributed by atoms with E-state index in [0.717, 1.165) is 12.8 Å². The highest BCUT2D eigenvalue weighted by Gasteiger charge is 2.49. The molecule has 1 saturated heterocycles. The smallest absolute Gasteiger partial charge is 0.310 e. The molecule has 0 spiro atoms. The molecule has 4 atom stereocenters. The van der Waals surface area contributed by atoms with Crippen molar-refractivity contribution in [1.29, 1.82) is 0 Å². The van der Waals surface area contributed by atoms with E-state index in [-0.39, 0.29) is 29.1 Å². The minimum absolute atomic E-state index is 0. The largest absolute Gasteiger partial charge is 0.481 e. The Morgan fingerprint density at radius 3 is 1.55 bits per heavy atom. The fourth-order valence-corrected chi connectivity index (χ4v) is 2.97. The van der Waals surface area contributed by atoms with Crippen LogP contribution < -0.4 is 5.32 Å². The maximum absolute atomic E-state index is 11.3. The Bertz CT molecular complexity index is 309. The van der Waals surface area contributed by atoms with E-state index in [1.165, 1.54) is 0 Å². The second-order valence-corrected chi connectivity index (χ2v) is 5.18. The van der Waals surface area contributed by atoms with Gasteiger partial charge < -0.3 is 20.6 Å². The van der Waals surface area contributed by atoms with Crippen molar-refractivity contribution in [2.75, 3.05) is 0 Å². The molecular formula is C13H24BrNO5. The summed E-state index contributed by atoms with van der Waals surface area (Å²) in [5.74, 6) is -4.40. The minimum atomic E-state index is -1.34. The molecule has 0 radical (unpaired) electrons. The number of aliphatic carboxylic acids is 2. The number of hydrogen-bond acceptors (Lipinski definition) is 4. The number of carboxylic acids is 2. The fourth-order valence-electron chi connectivity index (χ4n) is 2.97. The number of hydrogen-bond donors (Lipinski definition) is 4. The van der Waals surface area contributed by atoms with Gasteiger partial charge in [-0.25, -0.2) is 0 Å². The van der Waals surface area contributed by atoms with Crippen molar-refractivity contribution in [2.45, 2.75) is 57.7 Å². The molecule has 0 aromatic rings. The molecule has 4 unspecified atom stereocenters. The quantitative estimate of drug-likeness (QED) is 0.572. The number of aliphatic hydroxyl groups is 1. The van der Waals surface area contributed by atoms with Crippen LogP contribution in [0.25, 0.3) is 0 Å². The Labute approximate surface area is 129 Å². The first-order valence-corrected chi connectivity index (χ1v) is 6.83. The molecule has 1 fully saturated rings. The Balaban J connectivity index is 0.00000361. The molecule has 0 saturated carbocycles. The highest BCUT2D eigenvalue weighted by Crippen LogP contribution is 2.30. The fraction of sp³-hybridized carbons (Fsp3) is 0.846. The van der Waals surface area contributed by atoms with E-state index in [4.69, 9.17) is 0 Å². The lowest BCUT2D eigenvalue weighted by Gasteiger charge is -2.42. The number of aliphatic hydroxyl groups excluding tert-OH is 1. The molecule has 0 aromatic carbocycles. The number of nitrogens with one attached hydrogen (secondary N) is 1. The molecular weight excluding hydrogens is 330 g/mol. The van der Waals surface area contributed by atoms with Crippen molar-refractivity contribution in [2.24, 2.45) is 11.8 Å². The zero-order valence-corrected chi connectivity index (χ0v) is 13.5. The summed E-state index contributed by atoms with van der Waals surface area (Å²) in [6.07, 6.45) is 1.45. The van der Waals surface area contributed by atoms with Crippen molar-refractivity contribution in [3.05, 3.63) is 0 Å². The molecule has 20 heavy (non-hydrogen) atoms. The van der Waals surface area contributed by atoms with Crippen molar-refractivity contribution in [3.63, 3.8) is 0 Å². The topological polar surface area (TPSA) is 107 Å². The monoisotopic (exact) mass is 353 g/mol. The zero-order valence-electron chi connectivity index (χ0n) is 11.8. The highest BCUT2D eigenvalue weighted by atomic mass is 79.9. The van der Waals surface area contributed by atoms with Gasteiger partial charge >= 0.3 is 11.9 Å². The van der Waals surface area contributed by atoms with Crippen LogP contribution in [-0.4, -0.2) is 45.4 Å². The Hall–Kier alpha value is -0.660. The van der Waals surface area contributed by atoms with Crippen LogP contribution in [0.2, 0.25) is 0 Å². The average Bonchev–Trinajstić information content (AvgIpc) is 2.28. The standard InChI is InChI=1S/C13H23NO5.BrH/c1-3-5-7-9(12(16)17)11(15)10(13(18)19)8(14-7)6-4-2;/h7-11,14-15H,3-6H2,1-2H3,(H,16,17)(H,18,19);1H.